The van der Waals surface area contributed by atoms with Gasteiger partial charge in [0, 0.05) is 17.0 Å². The van der Waals surface area contributed by atoms with Gasteiger partial charge < -0.3 is 5.32 Å². The van der Waals surface area contributed by atoms with Crippen LogP contribution in [0, 0.1) is 10.1 Å². The summed E-state index contributed by atoms with van der Waals surface area (Å²) in [6.07, 6.45) is 3.14. The number of halogens is 2. The van der Waals surface area contributed by atoms with Gasteiger partial charge in [-0.1, -0.05) is 23.2 Å². The highest BCUT2D eigenvalue weighted by Crippen LogP contribution is 2.40. The zero-order chi connectivity index (χ0) is 15.0. The van der Waals surface area contributed by atoms with E-state index < -0.39 is 4.92 Å². The summed E-state index contributed by atoms with van der Waals surface area (Å²) in [5.41, 5.74) is 1.92. The summed E-state index contributed by atoms with van der Waals surface area (Å²) in [6.45, 7) is 0. The SMILES string of the molecule is O=[N+]([O-])c1ccc(NC2CCCc3sc(Cl)cc32)c(Cl)c1. The summed E-state index contributed by atoms with van der Waals surface area (Å²) in [7, 11) is 0. The summed E-state index contributed by atoms with van der Waals surface area (Å²) in [5.74, 6) is 0. The Morgan fingerprint density at radius 3 is 2.86 bits per heavy atom. The van der Waals surface area contributed by atoms with Crippen molar-refractivity contribution in [3.05, 3.63) is 54.2 Å². The first kappa shape index (κ1) is 14.6. The van der Waals surface area contributed by atoms with Gasteiger partial charge in [-0.05, 0) is 37.0 Å². The van der Waals surface area contributed by atoms with Crippen LogP contribution in [0.4, 0.5) is 11.4 Å². The predicted octanol–water partition coefficient (Wildman–Crippen LogP) is 5.45. The van der Waals surface area contributed by atoms with Crippen molar-refractivity contribution in [2.45, 2.75) is 25.3 Å². The zero-order valence-electron chi connectivity index (χ0n) is 10.9. The van der Waals surface area contributed by atoms with E-state index in [2.05, 4.69) is 5.32 Å². The molecule has 1 aromatic carbocycles. The molecule has 1 aliphatic carbocycles. The minimum absolute atomic E-state index is 0.00605. The van der Waals surface area contributed by atoms with Gasteiger partial charge in [0.15, 0.2) is 0 Å². The molecular weight excluding hydrogens is 331 g/mol. The summed E-state index contributed by atoms with van der Waals surface area (Å²) >= 11 is 13.8. The molecule has 3 rings (SSSR count). The van der Waals surface area contributed by atoms with Crippen LogP contribution in [0.1, 0.15) is 29.3 Å². The lowest BCUT2D eigenvalue weighted by Crippen LogP contribution is -2.15. The molecule has 0 radical (unpaired) electrons. The fraction of sp³-hybridized carbons (Fsp3) is 0.286. The Morgan fingerprint density at radius 1 is 1.33 bits per heavy atom. The highest BCUT2D eigenvalue weighted by atomic mass is 35.5. The van der Waals surface area contributed by atoms with Gasteiger partial charge in [0.25, 0.3) is 5.69 Å². The molecule has 1 aliphatic rings. The van der Waals surface area contributed by atoms with Crippen molar-refractivity contribution in [2.75, 3.05) is 5.32 Å². The van der Waals surface area contributed by atoms with Gasteiger partial charge in [-0.25, -0.2) is 0 Å². The third kappa shape index (κ3) is 3.00. The molecule has 21 heavy (non-hydrogen) atoms. The van der Waals surface area contributed by atoms with Crippen LogP contribution in [0.5, 0.6) is 0 Å². The monoisotopic (exact) mass is 342 g/mol. The van der Waals surface area contributed by atoms with E-state index >= 15 is 0 Å². The fourth-order valence-corrected chi connectivity index (χ4v) is 4.21. The Kier molecular flexibility index (Phi) is 4.06. The van der Waals surface area contributed by atoms with Crippen LogP contribution >= 0.6 is 34.5 Å². The van der Waals surface area contributed by atoms with Gasteiger partial charge in [0.2, 0.25) is 0 Å². The topological polar surface area (TPSA) is 55.2 Å². The van der Waals surface area contributed by atoms with Crippen molar-refractivity contribution in [3.8, 4) is 0 Å². The van der Waals surface area contributed by atoms with Crippen molar-refractivity contribution in [2.24, 2.45) is 0 Å². The van der Waals surface area contributed by atoms with Gasteiger partial charge in [-0.3, -0.25) is 10.1 Å². The van der Waals surface area contributed by atoms with Gasteiger partial charge in [-0.15, -0.1) is 11.3 Å². The molecule has 4 nitrogen and oxygen atoms in total. The number of hydrogen-bond donors (Lipinski definition) is 1. The predicted molar refractivity (Wildman–Crippen MR) is 86.7 cm³/mol. The van der Waals surface area contributed by atoms with Crippen LogP contribution in [0.25, 0.3) is 0 Å². The number of nitro benzene ring substituents is 1. The molecule has 1 aromatic heterocycles. The van der Waals surface area contributed by atoms with E-state index in [-0.39, 0.29) is 11.7 Å². The second kappa shape index (κ2) is 5.83. The summed E-state index contributed by atoms with van der Waals surface area (Å²) in [6, 6.07) is 6.63. The number of rotatable bonds is 3. The van der Waals surface area contributed by atoms with E-state index in [0.29, 0.717) is 10.7 Å². The Labute approximate surface area is 135 Å². The number of thiophene rings is 1. The van der Waals surface area contributed by atoms with Crippen LogP contribution in [-0.4, -0.2) is 4.92 Å². The molecule has 0 amide bonds. The normalized spacial score (nSPS) is 17.3. The first-order valence-electron chi connectivity index (χ1n) is 6.53. The van der Waals surface area contributed by atoms with E-state index in [1.165, 1.54) is 22.6 Å². The molecule has 110 valence electrons. The molecule has 0 aliphatic heterocycles. The lowest BCUT2D eigenvalue weighted by atomic mass is 9.94. The first-order valence-corrected chi connectivity index (χ1v) is 8.10. The Bertz CT molecular complexity index is 702. The van der Waals surface area contributed by atoms with E-state index in [1.54, 1.807) is 17.4 Å². The van der Waals surface area contributed by atoms with Crippen LogP contribution in [0.2, 0.25) is 9.36 Å². The molecule has 1 unspecified atom stereocenters. The van der Waals surface area contributed by atoms with Crippen molar-refractivity contribution in [3.63, 3.8) is 0 Å². The summed E-state index contributed by atoms with van der Waals surface area (Å²) in [4.78, 5) is 11.6. The lowest BCUT2D eigenvalue weighted by molar-refractivity contribution is -0.384. The van der Waals surface area contributed by atoms with Crippen molar-refractivity contribution in [1.29, 1.82) is 0 Å². The summed E-state index contributed by atoms with van der Waals surface area (Å²) in [5, 5.41) is 14.5. The van der Waals surface area contributed by atoms with Gasteiger partial charge in [0.05, 0.1) is 26.0 Å². The molecule has 0 spiro atoms. The number of benzene rings is 1. The van der Waals surface area contributed by atoms with E-state index in [1.807, 2.05) is 6.07 Å². The molecule has 1 heterocycles. The van der Waals surface area contributed by atoms with Gasteiger partial charge >= 0.3 is 0 Å². The van der Waals surface area contributed by atoms with Crippen molar-refractivity contribution >= 4 is 45.9 Å². The van der Waals surface area contributed by atoms with Crippen molar-refractivity contribution in [1.82, 2.24) is 0 Å². The number of aryl methyl sites for hydroxylation is 1. The fourth-order valence-electron chi connectivity index (χ4n) is 2.59. The average molecular weight is 343 g/mol. The lowest BCUT2D eigenvalue weighted by Gasteiger charge is -2.25. The number of nitro groups is 1. The molecule has 0 saturated carbocycles. The molecule has 0 saturated heterocycles. The first-order chi connectivity index (χ1) is 10.0. The minimum Gasteiger partial charge on any atom is -0.377 e. The Balaban J connectivity index is 1.86. The Hall–Kier alpha value is -1.30. The number of fused-ring (bicyclic) bond motifs is 1. The van der Waals surface area contributed by atoms with Crippen molar-refractivity contribution < 1.29 is 4.92 Å². The van der Waals surface area contributed by atoms with E-state index in [9.17, 15) is 10.1 Å². The highest BCUT2D eigenvalue weighted by molar-refractivity contribution is 7.16. The molecule has 7 heteroatoms. The standard InChI is InChI=1S/C14H12Cl2N2O2S/c15-10-6-8(18(19)20)4-5-12(10)17-11-2-1-3-13-9(11)7-14(16)21-13/h4-7,11,17H,1-3H2. The number of anilines is 1. The van der Waals surface area contributed by atoms with E-state index in [4.69, 9.17) is 23.2 Å². The molecule has 0 bridgehead atoms. The third-order valence-electron chi connectivity index (χ3n) is 3.58. The maximum Gasteiger partial charge on any atom is 0.271 e. The number of nitrogens with zero attached hydrogens (tertiary/aromatic N) is 1. The van der Waals surface area contributed by atoms with E-state index in [0.717, 1.165) is 23.6 Å². The van der Waals surface area contributed by atoms with Gasteiger partial charge in [0.1, 0.15) is 0 Å². The number of hydrogen-bond acceptors (Lipinski definition) is 4. The van der Waals surface area contributed by atoms with Gasteiger partial charge in [-0.2, -0.15) is 0 Å². The van der Waals surface area contributed by atoms with Crippen LogP contribution in [0.15, 0.2) is 24.3 Å². The van der Waals surface area contributed by atoms with Crippen LogP contribution in [0.3, 0.4) is 0 Å². The summed E-state index contributed by atoms with van der Waals surface area (Å²) < 4.78 is 0.795. The second-order valence-corrected chi connectivity index (χ2v) is 7.11. The maximum absolute atomic E-state index is 10.7. The maximum atomic E-state index is 10.7. The number of nitrogens with one attached hydrogen (secondary N) is 1. The molecule has 0 fully saturated rings. The molecular formula is C14H12Cl2N2O2S. The molecule has 1 N–H and O–H groups in total. The molecule has 1 atom stereocenters. The Morgan fingerprint density at radius 2 is 2.14 bits per heavy atom. The molecule has 2 aromatic rings. The zero-order valence-corrected chi connectivity index (χ0v) is 13.3. The minimum atomic E-state index is -0.451. The second-order valence-electron chi connectivity index (χ2n) is 4.94. The van der Waals surface area contributed by atoms with Crippen LogP contribution in [-0.2, 0) is 6.42 Å². The largest absolute Gasteiger partial charge is 0.377 e. The average Bonchev–Trinajstić information content (AvgIpc) is 2.82. The van der Waals surface area contributed by atoms with Crippen LogP contribution < -0.4 is 5.32 Å². The smallest absolute Gasteiger partial charge is 0.271 e. The third-order valence-corrected chi connectivity index (χ3v) is 5.23. The number of non-ortho nitro benzene ring substituents is 1. The quantitative estimate of drug-likeness (QED) is 0.595. The highest BCUT2D eigenvalue weighted by Gasteiger charge is 2.23.